The van der Waals surface area contributed by atoms with Crippen LogP contribution in [0.1, 0.15) is 71.4 Å². The van der Waals surface area contributed by atoms with Gasteiger partial charge in [0.25, 0.3) is 0 Å². The van der Waals surface area contributed by atoms with E-state index in [1.807, 2.05) is 19.9 Å². The number of phenolic OH excluding ortho intramolecular Hbond substituents is 1. The summed E-state index contributed by atoms with van der Waals surface area (Å²) in [4.78, 5) is 13.4. The molecular formula is C27H36O5. The van der Waals surface area contributed by atoms with Crippen molar-refractivity contribution in [3.63, 3.8) is 0 Å². The van der Waals surface area contributed by atoms with E-state index in [9.17, 15) is 20.1 Å². The van der Waals surface area contributed by atoms with Crippen LogP contribution in [-0.4, -0.2) is 26.7 Å². The van der Waals surface area contributed by atoms with Gasteiger partial charge in [0, 0.05) is 30.3 Å². The summed E-state index contributed by atoms with van der Waals surface area (Å²) in [6.45, 7) is 12.4. The molecule has 2 aliphatic carbocycles. The number of aliphatic hydroxyl groups excluding tert-OH is 2. The van der Waals surface area contributed by atoms with Gasteiger partial charge in [0.15, 0.2) is 0 Å². The highest BCUT2D eigenvalue weighted by Gasteiger charge is 2.64. The van der Waals surface area contributed by atoms with Gasteiger partial charge in [-0.05, 0) is 73.3 Å². The van der Waals surface area contributed by atoms with Gasteiger partial charge < -0.3 is 20.1 Å². The van der Waals surface area contributed by atoms with Gasteiger partial charge in [0.2, 0.25) is 0 Å². The molecular weight excluding hydrogens is 404 g/mol. The van der Waals surface area contributed by atoms with Gasteiger partial charge >= 0.3 is 0 Å². The molecule has 32 heavy (non-hydrogen) atoms. The molecule has 174 valence electrons. The lowest BCUT2D eigenvalue weighted by atomic mass is 9.56. The molecule has 0 spiro atoms. The number of fused-ring (bicyclic) bond motifs is 3. The number of aromatic hydroxyl groups is 1. The third-order valence-corrected chi connectivity index (χ3v) is 8.97. The Bertz CT molecular complexity index is 1030. The van der Waals surface area contributed by atoms with Crippen LogP contribution in [0.2, 0.25) is 0 Å². The molecule has 3 aliphatic rings. The highest BCUT2D eigenvalue weighted by molar-refractivity contribution is 5.80. The second-order valence-corrected chi connectivity index (χ2v) is 11.6. The number of hydrogen-bond donors (Lipinski definition) is 3. The Morgan fingerprint density at radius 2 is 1.78 bits per heavy atom. The number of allylic oxidation sites excluding steroid dienone is 3. The van der Waals surface area contributed by atoms with Crippen molar-refractivity contribution >= 4 is 5.78 Å². The molecule has 0 saturated heterocycles. The summed E-state index contributed by atoms with van der Waals surface area (Å²) >= 11 is 0. The molecule has 0 aromatic heterocycles. The second kappa shape index (κ2) is 7.03. The van der Waals surface area contributed by atoms with Gasteiger partial charge in [-0.3, -0.25) is 4.79 Å². The molecule has 4 atom stereocenters. The van der Waals surface area contributed by atoms with Crippen molar-refractivity contribution in [3.05, 3.63) is 46.9 Å². The lowest BCUT2D eigenvalue weighted by Crippen LogP contribution is -2.44. The maximum atomic E-state index is 13.4. The average molecular weight is 441 g/mol. The van der Waals surface area contributed by atoms with E-state index in [1.54, 1.807) is 12.1 Å². The molecule has 5 nitrogen and oxygen atoms in total. The smallest absolute Gasteiger partial charge is 0.137 e. The van der Waals surface area contributed by atoms with E-state index in [2.05, 4.69) is 27.7 Å². The van der Waals surface area contributed by atoms with E-state index in [4.69, 9.17) is 4.74 Å². The quantitative estimate of drug-likeness (QED) is 0.527. The average Bonchev–Trinajstić information content (AvgIpc) is 2.75. The summed E-state index contributed by atoms with van der Waals surface area (Å²) < 4.78 is 6.35. The van der Waals surface area contributed by atoms with Crippen molar-refractivity contribution in [1.29, 1.82) is 0 Å². The van der Waals surface area contributed by atoms with Crippen LogP contribution < -0.4 is 4.74 Å². The van der Waals surface area contributed by atoms with Crippen LogP contribution in [0, 0.1) is 29.1 Å². The van der Waals surface area contributed by atoms with Crippen molar-refractivity contribution in [1.82, 2.24) is 0 Å². The predicted molar refractivity (Wildman–Crippen MR) is 124 cm³/mol. The minimum absolute atomic E-state index is 0.0665. The fourth-order valence-corrected chi connectivity index (χ4v) is 6.63. The highest BCUT2D eigenvalue weighted by Crippen LogP contribution is 2.69. The van der Waals surface area contributed by atoms with Crippen LogP contribution in [0.25, 0.3) is 0 Å². The summed E-state index contributed by atoms with van der Waals surface area (Å²) in [6, 6.07) is 3.44. The van der Waals surface area contributed by atoms with Crippen LogP contribution in [0.5, 0.6) is 11.5 Å². The third-order valence-electron chi connectivity index (χ3n) is 8.97. The number of hydrogen-bond acceptors (Lipinski definition) is 5. The van der Waals surface area contributed by atoms with E-state index in [0.717, 1.165) is 23.3 Å². The van der Waals surface area contributed by atoms with Crippen molar-refractivity contribution in [3.8, 4) is 11.5 Å². The summed E-state index contributed by atoms with van der Waals surface area (Å²) in [6.07, 6.45) is 6.12. The molecule has 1 fully saturated rings. The molecule has 3 N–H and O–H groups in total. The van der Waals surface area contributed by atoms with Crippen LogP contribution in [0.4, 0.5) is 0 Å². The van der Waals surface area contributed by atoms with Crippen LogP contribution in [0.15, 0.2) is 35.8 Å². The predicted octanol–water partition coefficient (Wildman–Crippen LogP) is 6.09. The van der Waals surface area contributed by atoms with Crippen molar-refractivity contribution in [2.45, 2.75) is 79.2 Å². The number of carbonyl (C=O) groups excluding carboxylic acids is 1. The summed E-state index contributed by atoms with van der Waals surface area (Å²) in [7, 11) is 0. The van der Waals surface area contributed by atoms with Gasteiger partial charge in [0.05, 0.1) is 5.76 Å². The molecule has 1 aromatic rings. The zero-order valence-electron chi connectivity index (χ0n) is 20.1. The second-order valence-electron chi connectivity index (χ2n) is 11.6. The lowest BCUT2D eigenvalue weighted by Gasteiger charge is -2.47. The zero-order valence-corrected chi connectivity index (χ0v) is 20.1. The van der Waals surface area contributed by atoms with E-state index in [1.165, 1.54) is 6.08 Å². The minimum atomic E-state index is -0.594. The van der Waals surface area contributed by atoms with Crippen LogP contribution in [-0.2, 0) is 11.2 Å². The van der Waals surface area contributed by atoms with Gasteiger partial charge in [-0.2, -0.15) is 0 Å². The SMILES string of the molecule is Cc1cc(O)cc2c1O[C@@](C)(CC(=O)C[C@@]1(C)C[C@H]3C(O)=CC(O)=C[C@]1(C)C3(C)C)CC2. The fourth-order valence-electron chi connectivity index (χ4n) is 6.63. The van der Waals surface area contributed by atoms with E-state index in [-0.39, 0.29) is 34.4 Å². The van der Waals surface area contributed by atoms with Gasteiger partial charge in [0.1, 0.15) is 28.6 Å². The molecule has 1 saturated carbocycles. The molecule has 4 rings (SSSR count). The molecule has 5 heteroatoms. The largest absolute Gasteiger partial charge is 0.512 e. The fraction of sp³-hybridized carbons (Fsp3) is 0.593. The number of benzene rings is 1. The summed E-state index contributed by atoms with van der Waals surface area (Å²) in [5.41, 5.74) is 0.0970. The maximum absolute atomic E-state index is 13.4. The first-order valence-electron chi connectivity index (χ1n) is 11.6. The Kier molecular flexibility index (Phi) is 5.00. The molecule has 0 unspecified atom stereocenters. The highest BCUT2D eigenvalue weighted by atomic mass is 16.5. The molecule has 0 amide bonds. The Hall–Kier alpha value is -2.43. The molecule has 1 aromatic carbocycles. The molecule has 1 aliphatic heterocycles. The van der Waals surface area contributed by atoms with Crippen molar-refractivity contribution < 1.29 is 24.9 Å². The third kappa shape index (κ3) is 3.32. The minimum Gasteiger partial charge on any atom is -0.512 e. The number of phenols is 1. The van der Waals surface area contributed by atoms with Crippen molar-refractivity contribution in [2.75, 3.05) is 0 Å². The standard InChI is InChI=1S/C27H36O5/c1-16-9-18(28)10-17-7-8-26(5,32-23(16)17)13-20(30)12-25(4)15-21-22(31)11-19(29)14-27(25,6)24(21,2)3/h9-11,14,21,28-29,31H,7-8,12-13,15H2,1-6H3/t21-,25-,26+,27+/m0/s1. The Morgan fingerprint density at radius 1 is 1.09 bits per heavy atom. The number of ether oxygens (including phenoxy) is 1. The Balaban J connectivity index is 1.56. The van der Waals surface area contributed by atoms with Gasteiger partial charge in [-0.15, -0.1) is 0 Å². The Labute approximate surface area is 190 Å². The van der Waals surface area contributed by atoms with Gasteiger partial charge in [-0.25, -0.2) is 0 Å². The normalized spacial score (nSPS) is 35.2. The Morgan fingerprint density at radius 3 is 2.47 bits per heavy atom. The maximum Gasteiger partial charge on any atom is 0.137 e. The van der Waals surface area contributed by atoms with E-state index < -0.39 is 16.4 Å². The van der Waals surface area contributed by atoms with E-state index in [0.29, 0.717) is 25.7 Å². The number of carbonyl (C=O) groups is 1. The molecule has 1 heterocycles. The number of rotatable bonds is 4. The first-order chi connectivity index (χ1) is 14.7. The number of aryl methyl sites for hydroxylation is 2. The zero-order chi connectivity index (χ0) is 23.7. The molecule has 2 bridgehead atoms. The first-order valence-corrected chi connectivity index (χ1v) is 11.6. The monoisotopic (exact) mass is 440 g/mol. The van der Waals surface area contributed by atoms with Crippen molar-refractivity contribution in [2.24, 2.45) is 22.2 Å². The van der Waals surface area contributed by atoms with E-state index >= 15 is 0 Å². The summed E-state index contributed by atoms with van der Waals surface area (Å²) in [5, 5.41) is 30.9. The van der Waals surface area contributed by atoms with Gasteiger partial charge in [-0.1, -0.05) is 27.7 Å². The topological polar surface area (TPSA) is 87.0 Å². The molecule has 0 radical (unpaired) electrons. The number of ketones is 1. The first kappa shape index (κ1) is 22.8. The lowest BCUT2D eigenvalue weighted by molar-refractivity contribution is -0.127. The van der Waals surface area contributed by atoms with Crippen LogP contribution >= 0.6 is 0 Å². The number of Topliss-reactive ketones (excluding diaryl/α,β-unsaturated/α-hetero) is 1. The number of aliphatic hydroxyl groups is 2. The summed E-state index contributed by atoms with van der Waals surface area (Å²) in [5.74, 6) is 1.30. The van der Waals surface area contributed by atoms with Crippen LogP contribution in [0.3, 0.4) is 0 Å².